The second-order valence-corrected chi connectivity index (χ2v) is 4.75. The van der Waals surface area contributed by atoms with E-state index in [1.807, 2.05) is 0 Å². The number of carbonyl (C=O) groups excluding carboxylic acids is 1. The summed E-state index contributed by atoms with van der Waals surface area (Å²) in [5.74, 6) is -1.38. The van der Waals surface area contributed by atoms with Crippen LogP contribution in [0, 0.1) is 26.0 Å². The second-order valence-electron chi connectivity index (χ2n) is 4.75. The normalized spacial score (nSPS) is 11.5. The topological polar surface area (TPSA) is 141 Å². The Hall–Kier alpha value is -3.56. The third-order valence-electron chi connectivity index (χ3n) is 3.18. The zero-order chi connectivity index (χ0) is 17.9. The third kappa shape index (κ3) is 3.61. The summed E-state index contributed by atoms with van der Waals surface area (Å²) in [5.41, 5.74) is 4.39. The van der Waals surface area contributed by atoms with Crippen LogP contribution in [0.15, 0.2) is 42.5 Å². The highest BCUT2D eigenvalue weighted by molar-refractivity contribution is 5.85. The fourth-order valence-corrected chi connectivity index (χ4v) is 2.04. The third-order valence-corrected chi connectivity index (χ3v) is 3.18. The van der Waals surface area contributed by atoms with Gasteiger partial charge in [0.15, 0.2) is 0 Å². The van der Waals surface area contributed by atoms with Crippen molar-refractivity contribution in [3.8, 4) is 0 Å². The fourth-order valence-electron chi connectivity index (χ4n) is 2.04. The van der Waals surface area contributed by atoms with Crippen LogP contribution in [0.2, 0.25) is 0 Å². The lowest BCUT2D eigenvalue weighted by atomic mass is 10.1. The van der Waals surface area contributed by atoms with E-state index in [4.69, 9.17) is 5.73 Å². The molecular weight excluding hydrogens is 323 g/mol. The molecule has 9 nitrogen and oxygen atoms in total. The van der Waals surface area contributed by atoms with Crippen molar-refractivity contribution in [1.82, 2.24) is 0 Å². The Balaban J connectivity index is 2.42. The molecule has 0 aliphatic carbocycles. The maximum absolute atomic E-state index is 13.0. The van der Waals surface area contributed by atoms with Gasteiger partial charge < -0.3 is 11.1 Å². The van der Waals surface area contributed by atoms with Gasteiger partial charge in [0.1, 0.15) is 17.5 Å². The van der Waals surface area contributed by atoms with Gasteiger partial charge in [-0.3, -0.25) is 25.0 Å². The number of nitro benzene ring substituents is 2. The number of primary amides is 1. The molecule has 0 saturated carbocycles. The average Bonchev–Trinajstić information content (AvgIpc) is 2.53. The Morgan fingerprint density at radius 2 is 1.71 bits per heavy atom. The smallest absolute Gasteiger partial charge is 0.299 e. The number of nitro groups is 2. The monoisotopic (exact) mass is 334 g/mol. The Morgan fingerprint density at radius 1 is 1.08 bits per heavy atom. The maximum Gasteiger partial charge on any atom is 0.299 e. The molecule has 0 aliphatic rings. The summed E-state index contributed by atoms with van der Waals surface area (Å²) in [5, 5.41) is 24.4. The molecular formula is C14H11FN4O5. The van der Waals surface area contributed by atoms with E-state index >= 15 is 0 Å². The minimum Gasteiger partial charge on any atom is -0.368 e. The van der Waals surface area contributed by atoms with Gasteiger partial charge in [-0.15, -0.1) is 0 Å². The molecule has 0 spiro atoms. The van der Waals surface area contributed by atoms with Crippen molar-refractivity contribution in [3.63, 3.8) is 0 Å². The lowest BCUT2D eigenvalue weighted by molar-refractivity contribution is -0.393. The summed E-state index contributed by atoms with van der Waals surface area (Å²) in [6.07, 6.45) is 0. The molecule has 0 radical (unpaired) electrons. The van der Waals surface area contributed by atoms with Crippen LogP contribution >= 0.6 is 0 Å². The summed E-state index contributed by atoms with van der Waals surface area (Å²) >= 11 is 0. The molecule has 1 atom stereocenters. The number of rotatable bonds is 6. The van der Waals surface area contributed by atoms with E-state index < -0.39 is 39.0 Å². The van der Waals surface area contributed by atoms with Gasteiger partial charge >= 0.3 is 0 Å². The predicted molar refractivity (Wildman–Crippen MR) is 81.7 cm³/mol. The minimum absolute atomic E-state index is 0.126. The number of carbonyl (C=O) groups is 1. The van der Waals surface area contributed by atoms with E-state index in [0.717, 1.165) is 30.3 Å². The zero-order valence-electron chi connectivity index (χ0n) is 12.0. The molecule has 1 amide bonds. The Kier molecular flexibility index (Phi) is 4.68. The van der Waals surface area contributed by atoms with Crippen LogP contribution < -0.4 is 11.1 Å². The lowest BCUT2D eigenvalue weighted by Gasteiger charge is -2.17. The highest BCUT2D eigenvalue weighted by Gasteiger charge is 2.24. The van der Waals surface area contributed by atoms with Crippen molar-refractivity contribution in [3.05, 3.63) is 74.1 Å². The number of hydrogen-bond acceptors (Lipinski definition) is 6. The average molecular weight is 334 g/mol. The van der Waals surface area contributed by atoms with Crippen LogP contribution in [0.5, 0.6) is 0 Å². The number of anilines is 1. The largest absolute Gasteiger partial charge is 0.368 e. The van der Waals surface area contributed by atoms with Gasteiger partial charge in [0.05, 0.1) is 15.9 Å². The molecule has 124 valence electrons. The van der Waals surface area contributed by atoms with Gasteiger partial charge in [-0.2, -0.15) is 0 Å². The van der Waals surface area contributed by atoms with Crippen molar-refractivity contribution in [1.29, 1.82) is 0 Å². The first-order chi connectivity index (χ1) is 11.3. The SMILES string of the molecule is NC(=O)C(Nc1ccc([N+](=O)[O-])cc1[N+](=O)[O-])c1ccc(F)cc1. The van der Waals surface area contributed by atoms with E-state index in [1.54, 1.807) is 0 Å². The molecule has 0 heterocycles. The van der Waals surface area contributed by atoms with E-state index in [2.05, 4.69) is 5.32 Å². The van der Waals surface area contributed by atoms with Crippen LogP contribution in [-0.4, -0.2) is 15.8 Å². The number of nitrogens with one attached hydrogen (secondary N) is 1. The number of non-ortho nitro benzene ring substituents is 1. The lowest BCUT2D eigenvalue weighted by Crippen LogP contribution is -2.28. The second kappa shape index (κ2) is 6.69. The van der Waals surface area contributed by atoms with Crippen molar-refractivity contribution in [2.24, 2.45) is 5.73 Å². The first-order valence-corrected chi connectivity index (χ1v) is 6.53. The fraction of sp³-hybridized carbons (Fsp3) is 0.0714. The van der Waals surface area contributed by atoms with E-state index in [9.17, 15) is 29.4 Å². The molecule has 2 aromatic rings. The number of halogens is 1. The first-order valence-electron chi connectivity index (χ1n) is 6.53. The predicted octanol–water partition coefficient (Wildman–Crippen LogP) is 2.28. The number of hydrogen-bond donors (Lipinski definition) is 2. The zero-order valence-corrected chi connectivity index (χ0v) is 12.0. The van der Waals surface area contributed by atoms with Gasteiger partial charge in [-0.05, 0) is 23.8 Å². The molecule has 1 unspecified atom stereocenters. The first kappa shape index (κ1) is 16.8. The molecule has 0 bridgehead atoms. The van der Waals surface area contributed by atoms with Gasteiger partial charge in [-0.1, -0.05) is 12.1 Å². The maximum atomic E-state index is 13.0. The number of amides is 1. The Labute approximate surface area is 134 Å². The van der Waals surface area contributed by atoms with Crippen LogP contribution in [0.1, 0.15) is 11.6 Å². The summed E-state index contributed by atoms with van der Waals surface area (Å²) in [7, 11) is 0. The summed E-state index contributed by atoms with van der Waals surface area (Å²) in [4.78, 5) is 31.9. The molecule has 2 aromatic carbocycles. The standard InChI is InChI=1S/C14H11FN4O5/c15-9-3-1-8(2-4-9)13(14(16)20)17-11-6-5-10(18(21)22)7-12(11)19(23)24/h1-7,13,17H,(H2,16,20). The van der Waals surface area contributed by atoms with Crippen LogP contribution in [0.4, 0.5) is 21.5 Å². The summed E-state index contributed by atoms with van der Waals surface area (Å²) in [6.45, 7) is 0. The highest BCUT2D eigenvalue weighted by Crippen LogP contribution is 2.31. The number of nitrogens with zero attached hydrogens (tertiary/aromatic N) is 2. The highest BCUT2D eigenvalue weighted by atomic mass is 19.1. The molecule has 0 aliphatic heterocycles. The molecule has 0 fully saturated rings. The Morgan fingerprint density at radius 3 is 2.21 bits per heavy atom. The van der Waals surface area contributed by atoms with Gasteiger partial charge in [-0.25, -0.2) is 4.39 Å². The van der Waals surface area contributed by atoms with Crippen molar-refractivity contribution >= 4 is 23.0 Å². The quantitative estimate of drug-likeness (QED) is 0.613. The van der Waals surface area contributed by atoms with Crippen molar-refractivity contribution < 1.29 is 19.0 Å². The summed E-state index contributed by atoms with van der Waals surface area (Å²) < 4.78 is 13.0. The van der Waals surface area contributed by atoms with E-state index in [0.29, 0.717) is 0 Å². The van der Waals surface area contributed by atoms with E-state index in [-0.39, 0.29) is 11.3 Å². The number of benzene rings is 2. The minimum atomic E-state index is -1.18. The van der Waals surface area contributed by atoms with E-state index in [1.165, 1.54) is 12.1 Å². The van der Waals surface area contributed by atoms with Crippen molar-refractivity contribution in [2.75, 3.05) is 5.32 Å². The van der Waals surface area contributed by atoms with Gasteiger partial charge in [0.25, 0.3) is 11.4 Å². The number of nitrogens with two attached hydrogens (primary N) is 1. The molecule has 0 saturated heterocycles. The van der Waals surface area contributed by atoms with Crippen LogP contribution in [-0.2, 0) is 4.79 Å². The molecule has 2 rings (SSSR count). The van der Waals surface area contributed by atoms with Crippen LogP contribution in [0.3, 0.4) is 0 Å². The molecule has 3 N–H and O–H groups in total. The van der Waals surface area contributed by atoms with Crippen LogP contribution in [0.25, 0.3) is 0 Å². The van der Waals surface area contributed by atoms with Gasteiger partial charge in [0, 0.05) is 6.07 Å². The molecule has 0 aromatic heterocycles. The molecule has 24 heavy (non-hydrogen) atoms. The molecule has 10 heteroatoms. The van der Waals surface area contributed by atoms with Crippen molar-refractivity contribution in [2.45, 2.75) is 6.04 Å². The Bertz CT molecular complexity index is 809. The van der Waals surface area contributed by atoms with Gasteiger partial charge in [0.2, 0.25) is 5.91 Å². The summed E-state index contributed by atoms with van der Waals surface area (Å²) in [6, 6.07) is 6.57.